The Morgan fingerprint density at radius 1 is 1.17 bits per heavy atom. The van der Waals surface area contributed by atoms with E-state index in [2.05, 4.69) is 58.2 Å². The number of hydrogen-bond acceptors (Lipinski definition) is 1. The largest absolute Gasteiger partial charge is 0.353 e. The fraction of sp³-hybridized carbons (Fsp3) is 0.263. The highest BCUT2D eigenvalue weighted by Gasteiger charge is 2.16. The molecular formula is C19H20BrClN2. The summed E-state index contributed by atoms with van der Waals surface area (Å²) in [6.07, 6.45) is 3.10. The van der Waals surface area contributed by atoms with Crippen LogP contribution in [0.25, 0.3) is 22.2 Å². The lowest BCUT2D eigenvalue weighted by molar-refractivity contribution is 0.748. The molecule has 0 saturated carbocycles. The molecule has 0 fully saturated rings. The summed E-state index contributed by atoms with van der Waals surface area (Å²) in [5, 5.41) is 1.94. The number of rotatable bonds is 5. The number of nitrogens with one attached hydrogen (secondary N) is 1. The third-order valence-electron chi connectivity index (χ3n) is 4.23. The lowest BCUT2D eigenvalue weighted by atomic mass is 9.98. The molecule has 1 aromatic heterocycles. The molecule has 0 atom stereocenters. The monoisotopic (exact) mass is 390 g/mol. The predicted molar refractivity (Wildman–Crippen MR) is 103 cm³/mol. The van der Waals surface area contributed by atoms with Gasteiger partial charge in [-0.3, -0.25) is 0 Å². The Bertz CT molecular complexity index is 839. The molecule has 0 spiro atoms. The van der Waals surface area contributed by atoms with E-state index in [1.165, 1.54) is 27.8 Å². The summed E-state index contributed by atoms with van der Waals surface area (Å²) in [6, 6.07) is 12.5. The standard InChI is InChI=1S/C19H20BrClN2/c1-12-6-2-3-7-14(12)18-15(8-4-5-9-22)16-10-13(21)11-17(20)19(16)23-18/h2-3,6-7,10-11,23H,4-5,8-9,22H2,1H3. The average molecular weight is 392 g/mol. The van der Waals surface area contributed by atoms with Crippen LogP contribution in [-0.4, -0.2) is 11.5 Å². The number of fused-ring (bicyclic) bond motifs is 1. The molecule has 23 heavy (non-hydrogen) atoms. The van der Waals surface area contributed by atoms with Crippen molar-refractivity contribution in [3.63, 3.8) is 0 Å². The zero-order valence-corrected chi connectivity index (χ0v) is 15.5. The molecule has 0 unspecified atom stereocenters. The first kappa shape index (κ1) is 16.6. The molecule has 0 bridgehead atoms. The zero-order chi connectivity index (χ0) is 16.4. The number of nitrogens with two attached hydrogens (primary N) is 1. The van der Waals surface area contributed by atoms with Crippen LogP contribution in [0.5, 0.6) is 0 Å². The molecule has 0 aliphatic carbocycles. The maximum atomic E-state index is 6.28. The van der Waals surface area contributed by atoms with Gasteiger partial charge in [0.15, 0.2) is 0 Å². The van der Waals surface area contributed by atoms with Crippen LogP contribution in [-0.2, 0) is 6.42 Å². The summed E-state index contributed by atoms with van der Waals surface area (Å²) >= 11 is 9.91. The van der Waals surface area contributed by atoms with Gasteiger partial charge in [0, 0.05) is 26.1 Å². The van der Waals surface area contributed by atoms with Crippen molar-refractivity contribution in [2.24, 2.45) is 5.73 Å². The van der Waals surface area contributed by atoms with Gasteiger partial charge >= 0.3 is 0 Å². The highest BCUT2D eigenvalue weighted by molar-refractivity contribution is 9.10. The number of benzene rings is 2. The summed E-state index contributed by atoms with van der Waals surface area (Å²) in [5.41, 5.74) is 11.8. The zero-order valence-electron chi connectivity index (χ0n) is 13.1. The van der Waals surface area contributed by atoms with Crippen molar-refractivity contribution < 1.29 is 0 Å². The van der Waals surface area contributed by atoms with E-state index in [1.54, 1.807) is 0 Å². The van der Waals surface area contributed by atoms with Crippen molar-refractivity contribution in [2.75, 3.05) is 6.54 Å². The minimum absolute atomic E-state index is 0.729. The Balaban J connectivity index is 2.21. The molecular weight excluding hydrogens is 372 g/mol. The molecule has 0 amide bonds. The number of H-pyrrole nitrogens is 1. The first-order valence-corrected chi connectivity index (χ1v) is 9.04. The highest BCUT2D eigenvalue weighted by Crippen LogP contribution is 2.37. The van der Waals surface area contributed by atoms with Crippen LogP contribution in [0.2, 0.25) is 5.02 Å². The summed E-state index contributed by atoms with van der Waals surface area (Å²) in [6.45, 7) is 2.87. The lowest BCUT2D eigenvalue weighted by Crippen LogP contribution is -1.99. The van der Waals surface area contributed by atoms with Gasteiger partial charge in [-0.2, -0.15) is 0 Å². The topological polar surface area (TPSA) is 41.8 Å². The molecule has 3 N–H and O–H groups in total. The maximum absolute atomic E-state index is 6.28. The normalized spacial score (nSPS) is 11.3. The van der Waals surface area contributed by atoms with E-state index in [0.717, 1.165) is 40.8 Å². The van der Waals surface area contributed by atoms with Gasteiger partial charge in [0.05, 0.1) is 5.52 Å². The van der Waals surface area contributed by atoms with E-state index >= 15 is 0 Å². The Morgan fingerprint density at radius 3 is 2.70 bits per heavy atom. The minimum atomic E-state index is 0.729. The second-order valence-corrected chi connectivity index (χ2v) is 7.14. The Kier molecular flexibility index (Phi) is 5.10. The Morgan fingerprint density at radius 2 is 1.96 bits per heavy atom. The van der Waals surface area contributed by atoms with E-state index in [-0.39, 0.29) is 0 Å². The van der Waals surface area contributed by atoms with Crippen LogP contribution in [0.15, 0.2) is 40.9 Å². The Hall–Kier alpha value is -1.29. The van der Waals surface area contributed by atoms with Crippen molar-refractivity contribution in [3.05, 3.63) is 57.0 Å². The molecule has 0 aliphatic heterocycles. The van der Waals surface area contributed by atoms with Gasteiger partial charge in [-0.15, -0.1) is 0 Å². The molecule has 1 heterocycles. The van der Waals surface area contributed by atoms with Gasteiger partial charge < -0.3 is 10.7 Å². The minimum Gasteiger partial charge on any atom is -0.353 e. The van der Waals surface area contributed by atoms with E-state index in [0.29, 0.717) is 0 Å². The van der Waals surface area contributed by atoms with E-state index in [9.17, 15) is 0 Å². The summed E-state index contributed by atoms with van der Waals surface area (Å²) in [4.78, 5) is 3.61. The van der Waals surface area contributed by atoms with E-state index in [1.807, 2.05) is 6.07 Å². The molecule has 3 aromatic rings. The van der Waals surface area contributed by atoms with Crippen LogP contribution in [0.3, 0.4) is 0 Å². The van der Waals surface area contributed by atoms with Crippen molar-refractivity contribution in [2.45, 2.75) is 26.2 Å². The molecule has 2 aromatic carbocycles. The molecule has 3 rings (SSSR count). The summed E-state index contributed by atoms with van der Waals surface area (Å²) in [7, 11) is 0. The van der Waals surface area contributed by atoms with Crippen molar-refractivity contribution >= 4 is 38.4 Å². The lowest BCUT2D eigenvalue weighted by Gasteiger charge is -2.08. The van der Waals surface area contributed by atoms with Gasteiger partial charge in [0.2, 0.25) is 0 Å². The number of hydrogen-bond donors (Lipinski definition) is 2. The first-order valence-electron chi connectivity index (χ1n) is 7.87. The Labute approximate surface area is 150 Å². The molecule has 0 aliphatic rings. The fourth-order valence-electron chi connectivity index (χ4n) is 3.06. The molecule has 0 radical (unpaired) electrons. The van der Waals surface area contributed by atoms with Gasteiger partial charge in [-0.25, -0.2) is 0 Å². The SMILES string of the molecule is Cc1ccccc1-c1[nH]c2c(Br)cc(Cl)cc2c1CCCCN. The molecule has 4 heteroatoms. The van der Waals surface area contributed by atoms with E-state index < -0.39 is 0 Å². The third-order valence-corrected chi connectivity index (χ3v) is 5.07. The van der Waals surface area contributed by atoms with Gasteiger partial charge in [0.1, 0.15) is 0 Å². The fourth-order valence-corrected chi connectivity index (χ4v) is 3.97. The van der Waals surface area contributed by atoms with Crippen molar-refractivity contribution in [1.82, 2.24) is 4.98 Å². The molecule has 120 valence electrons. The quantitative estimate of drug-likeness (QED) is 0.527. The van der Waals surface area contributed by atoms with Gasteiger partial charge in [-0.05, 0) is 71.9 Å². The van der Waals surface area contributed by atoms with Crippen LogP contribution in [0.4, 0.5) is 0 Å². The second-order valence-electron chi connectivity index (χ2n) is 5.85. The number of aryl methyl sites for hydroxylation is 2. The second kappa shape index (κ2) is 7.08. The number of halogens is 2. The van der Waals surface area contributed by atoms with Gasteiger partial charge in [-0.1, -0.05) is 35.9 Å². The first-order chi connectivity index (χ1) is 11.1. The number of aromatic amines is 1. The van der Waals surface area contributed by atoms with Crippen molar-refractivity contribution in [3.8, 4) is 11.3 Å². The number of unbranched alkanes of at least 4 members (excludes halogenated alkanes) is 1. The van der Waals surface area contributed by atoms with Crippen molar-refractivity contribution in [1.29, 1.82) is 0 Å². The van der Waals surface area contributed by atoms with E-state index in [4.69, 9.17) is 17.3 Å². The maximum Gasteiger partial charge on any atom is 0.0607 e. The number of aromatic nitrogens is 1. The third kappa shape index (κ3) is 3.32. The summed E-state index contributed by atoms with van der Waals surface area (Å²) < 4.78 is 1.000. The van der Waals surface area contributed by atoms with Crippen LogP contribution < -0.4 is 5.73 Å². The average Bonchev–Trinajstić information content (AvgIpc) is 2.87. The van der Waals surface area contributed by atoms with Crippen LogP contribution >= 0.6 is 27.5 Å². The van der Waals surface area contributed by atoms with Crippen LogP contribution in [0.1, 0.15) is 24.0 Å². The van der Waals surface area contributed by atoms with Gasteiger partial charge in [0.25, 0.3) is 0 Å². The molecule has 2 nitrogen and oxygen atoms in total. The smallest absolute Gasteiger partial charge is 0.0607 e. The van der Waals surface area contributed by atoms with Crippen LogP contribution in [0, 0.1) is 6.92 Å². The highest BCUT2D eigenvalue weighted by atomic mass is 79.9. The predicted octanol–water partition coefficient (Wildman–Crippen LogP) is 5.84. The molecule has 0 saturated heterocycles. The summed E-state index contributed by atoms with van der Waals surface area (Å²) in [5.74, 6) is 0.